The zero-order chi connectivity index (χ0) is 24.5. The smallest absolute Gasteiger partial charge is 0.387 e. The third-order valence-electron chi connectivity index (χ3n) is 5.85. The topological polar surface area (TPSA) is 94.7 Å². The summed E-state index contributed by atoms with van der Waals surface area (Å²) in [6.07, 6.45) is 4.36. The number of benzene rings is 1. The van der Waals surface area contributed by atoms with Crippen molar-refractivity contribution in [3.05, 3.63) is 57.0 Å². The van der Waals surface area contributed by atoms with Gasteiger partial charge in [-0.2, -0.15) is 13.5 Å². The van der Waals surface area contributed by atoms with Crippen molar-refractivity contribution in [3.8, 4) is 11.5 Å². The Morgan fingerprint density at radius 1 is 1.29 bits per heavy atom. The molecule has 2 N–H and O–H groups in total. The fourth-order valence-electron chi connectivity index (χ4n) is 3.98. The highest BCUT2D eigenvalue weighted by atomic mass is 35.5. The van der Waals surface area contributed by atoms with Crippen LogP contribution in [0, 0.1) is 11.1 Å². The number of hydrogen-bond donors (Lipinski definition) is 2. The zero-order valence-electron chi connectivity index (χ0n) is 18.2. The molecule has 2 atom stereocenters. The maximum Gasteiger partial charge on any atom is 0.387 e. The number of aromatic nitrogens is 1. The van der Waals surface area contributed by atoms with Crippen LogP contribution in [-0.2, 0) is 11.2 Å². The van der Waals surface area contributed by atoms with Crippen molar-refractivity contribution in [1.29, 1.82) is 0 Å². The Morgan fingerprint density at radius 2 is 1.97 bits per heavy atom. The quantitative estimate of drug-likeness (QED) is 0.310. The van der Waals surface area contributed by atoms with Crippen LogP contribution in [0.15, 0.2) is 30.6 Å². The van der Waals surface area contributed by atoms with Gasteiger partial charge in [0.05, 0.1) is 6.61 Å². The molecular formula is C22H23Cl3F2N2O5S. The Kier molecular flexibility index (Phi) is 9.20. The molecule has 1 aromatic heterocycles. The lowest BCUT2D eigenvalue weighted by atomic mass is 9.85. The number of alkyl halides is 2. The molecule has 2 fully saturated rings. The predicted molar refractivity (Wildman–Crippen MR) is 131 cm³/mol. The van der Waals surface area contributed by atoms with E-state index in [1.54, 1.807) is 0 Å². The van der Waals surface area contributed by atoms with Crippen molar-refractivity contribution in [2.75, 3.05) is 18.9 Å². The number of nitrogens with zero attached hydrogens (tertiary/aromatic N) is 1. The lowest BCUT2D eigenvalue weighted by Gasteiger charge is -2.34. The maximum atomic E-state index is 13.0. The van der Waals surface area contributed by atoms with Crippen LogP contribution in [0.1, 0.15) is 29.9 Å². The second-order valence-corrected chi connectivity index (χ2v) is 10.4. The molecule has 13 heteroatoms. The van der Waals surface area contributed by atoms with E-state index in [0.717, 1.165) is 25.2 Å². The summed E-state index contributed by atoms with van der Waals surface area (Å²) >= 11 is 13.8. The second kappa shape index (κ2) is 11.6. The summed E-state index contributed by atoms with van der Waals surface area (Å²) in [5.41, 5.74) is 0.923. The average molecular weight is 572 g/mol. The first-order valence-corrected chi connectivity index (χ1v) is 12.3. The molecule has 0 amide bonds. The Morgan fingerprint density at radius 3 is 2.51 bits per heavy atom. The van der Waals surface area contributed by atoms with Crippen LogP contribution in [0.3, 0.4) is 0 Å². The molecular weight excluding hydrogens is 549 g/mol. The first-order chi connectivity index (χ1) is 16.2. The first-order valence-electron chi connectivity index (χ1n) is 10.6. The first kappa shape index (κ1) is 27.9. The van der Waals surface area contributed by atoms with Crippen molar-refractivity contribution < 1.29 is 32.9 Å². The number of carbonyl (C=O) groups is 1. The highest BCUT2D eigenvalue weighted by molar-refractivity contribution is 8.01. The maximum absolute atomic E-state index is 13.0. The van der Waals surface area contributed by atoms with Crippen molar-refractivity contribution >= 4 is 53.3 Å². The summed E-state index contributed by atoms with van der Waals surface area (Å²) in [5, 5.41) is 25.2. The Balaban J connectivity index is 0.00000342. The van der Waals surface area contributed by atoms with E-state index >= 15 is 0 Å². The number of thioether (sulfide) groups is 1. The van der Waals surface area contributed by atoms with Crippen molar-refractivity contribution in [3.63, 3.8) is 0 Å². The lowest BCUT2D eigenvalue weighted by Crippen LogP contribution is -2.51. The summed E-state index contributed by atoms with van der Waals surface area (Å²) in [7, 11) is 0. The van der Waals surface area contributed by atoms with Crippen LogP contribution in [0.5, 0.6) is 11.5 Å². The summed E-state index contributed by atoms with van der Waals surface area (Å²) < 4.78 is 36.8. The minimum absolute atomic E-state index is 0. The van der Waals surface area contributed by atoms with Gasteiger partial charge in [0.15, 0.2) is 28.8 Å². The van der Waals surface area contributed by atoms with Crippen LogP contribution in [0.25, 0.3) is 0 Å². The summed E-state index contributed by atoms with van der Waals surface area (Å²) in [6, 6.07) is 4.43. The molecule has 1 aromatic carbocycles. The average Bonchev–Trinajstić information content (AvgIpc) is 3.46. The molecule has 192 valence electrons. The molecule has 0 unspecified atom stereocenters. The molecule has 1 aliphatic heterocycles. The third-order valence-corrected chi connectivity index (χ3v) is 7.97. The van der Waals surface area contributed by atoms with Gasteiger partial charge in [-0.15, -0.1) is 24.2 Å². The normalized spacial score (nSPS) is 20.4. The van der Waals surface area contributed by atoms with E-state index < -0.39 is 23.4 Å². The van der Waals surface area contributed by atoms with Crippen molar-refractivity contribution in [1.82, 2.24) is 5.32 Å². The molecule has 2 heterocycles. The van der Waals surface area contributed by atoms with E-state index in [2.05, 4.69) is 10.1 Å². The minimum Gasteiger partial charge on any atom is -0.619 e. The van der Waals surface area contributed by atoms with Gasteiger partial charge in [-0.25, -0.2) is 4.79 Å². The number of nitrogens with one attached hydrogen (secondary N) is 1. The van der Waals surface area contributed by atoms with Gasteiger partial charge in [-0.05, 0) is 42.9 Å². The Bertz CT molecular complexity index is 1050. The minimum atomic E-state index is -3.04. The molecule has 1 saturated heterocycles. The number of halogens is 5. The Hall–Kier alpha value is -1.72. The van der Waals surface area contributed by atoms with Crippen LogP contribution >= 0.6 is 47.4 Å². The molecule has 0 bridgehead atoms. The van der Waals surface area contributed by atoms with E-state index in [1.807, 2.05) is 0 Å². The number of rotatable bonds is 10. The number of carboxylic acid groups (broad SMARTS) is 1. The van der Waals surface area contributed by atoms with E-state index in [1.165, 1.54) is 30.0 Å². The SMILES string of the molecule is Cl.O=C(O)[C@@]1([C@@H](Cc2c(Cl)c[n+]([O-])cc2Cl)c2ccc(OC(F)F)c(OCC3CC3)c2)NCCS1. The van der Waals surface area contributed by atoms with Crippen LogP contribution < -0.4 is 19.5 Å². The molecule has 1 aliphatic carbocycles. The van der Waals surface area contributed by atoms with E-state index in [9.17, 15) is 23.9 Å². The molecule has 2 aliphatic rings. The fraction of sp³-hybridized carbons (Fsp3) is 0.455. The third kappa shape index (κ3) is 6.35. The van der Waals surface area contributed by atoms with Gasteiger partial charge in [0.1, 0.15) is 10.0 Å². The van der Waals surface area contributed by atoms with Crippen molar-refractivity contribution in [2.24, 2.45) is 5.92 Å². The largest absolute Gasteiger partial charge is 0.619 e. The number of ether oxygens (including phenoxy) is 2. The number of aliphatic carboxylic acids is 1. The van der Waals surface area contributed by atoms with Gasteiger partial charge in [-0.1, -0.05) is 29.3 Å². The summed E-state index contributed by atoms with van der Waals surface area (Å²) in [5.74, 6) is -0.929. The Labute approximate surface area is 221 Å². The van der Waals surface area contributed by atoms with Crippen LogP contribution in [-0.4, -0.2) is 41.5 Å². The zero-order valence-corrected chi connectivity index (χ0v) is 21.4. The highest BCUT2D eigenvalue weighted by Gasteiger charge is 2.50. The van der Waals surface area contributed by atoms with E-state index in [4.69, 9.17) is 27.9 Å². The van der Waals surface area contributed by atoms with Crippen LogP contribution in [0.2, 0.25) is 10.0 Å². The summed E-state index contributed by atoms with van der Waals surface area (Å²) in [4.78, 5) is 11.1. The summed E-state index contributed by atoms with van der Waals surface area (Å²) in [6.45, 7) is -2.23. The van der Waals surface area contributed by atoms with Gasteiger partial charge in [0.2, 0.25) is 0 Å². The number of hydrogen-bond acceptors (Lipinski definition) is 6. The van der Waals surface area contributed by atoms with E-state index in [0.29, 0.717) is 40.7 Å². The molecule has 0 spiro atoms. The van der Waals surface area contributed by atoms with Crippen LogP contribution in [0.4, 0.5) is 8.78 Å². The molecule has 7 nitrogen and oxygen atoms in total. The highest BCUT2D eigenvalue weighted by Crippen LogP contribution is 2.46. The molecule has 2 aromatic rings. The molecule has 0 radical (unpaired) electrons. The van der Waals surface area contributed by atoms with Gasteiger partial charge < -0.3 is 19.8 Å². The van der Waals surface area contributed by atoms with Gasteiger partial charge in [0.25, 0.3) is 0 Å². The van der Waals surface area contributed by atoms with E-state index in [-0.39, 0.29) is 40.4 Å². The monoisotopic (exact) mass is 570 g/mol. The number of pyridine rings is 1. The molecule has 35 heavy (non-hydrogen) atoms. The molecule has 4 rings (SSSR count). The predicted octanol–water partition coefficient (Wildman–Crippen LogP) is 4.88. The van der Waals surface area contributed by atoms with Crippen molar-refractivity contribution in [2.45, 2.75) is 36.7 Å². The van der Waals surface area contributed by atoms with Gasteiger partial charge in [0, 0.05) is 23.8 Å². The van der Waals surface area contributed by atoms with Gasteiger partial charge in [-0.3, -0.25) is 5.32 Å². The fourth-order valence-corrected chi connectivity index (χ4v) is 5.85. The lowest BCUT2D eigenvalue weighted by molar-refractivity contribution is -0.605. The molecule has 1 saturated carbocycles. The number of carboxylic acids is 1. The second-order valence-electron chi connectivity index (χ2n) is 8.20. The van der Waals surface area contributed by atoms with Gasteiger partial charge >= 0.3 is 12.6 Å². The standard InChI is InChI=1S/C22H22Cl2F2N2O5S.ClH/c23-16-9-28(31)10-17(24)14(16)8-15(22(20(29)30)27-5-6-34-22)13-3-4-18(33-21(25)26)19(7-13)32-11-12-1-2-12;/h3-4,7,9-10,12,15,21,27H,1-2,5-6,8,11H2,(H,29,30);1H/t15-,22-;/m0./s1.